The Hall–Kier alpha value is -3.88. The van der Waals surface area contributed by atoms with Gasteiger partial charge in [-0.3, -0.25) is 5.10 Å². The highest BCUT2D eigenvalue weighted by atomic mass is 35.5. The van der Waals surface area contributed by atoms with Crippen LogP contribution in [-0.2, 0) is 24.2 Å². The van der Waals surface area contributed by atoms with Crippen LogP contribution in [0.15, 0.2) is 48.5 Å². The van der Waals surface area contributed by atoms with Crippen molar-refractivity contribution >= 4 is 39.2 Å². The molecule has 3 N–H and O–H groups in total. The summed E-state index contributed by atoms with van der Waals surface area (Å²) in [7, 11) is 0. The van der Waals surface area contributed by atoms with Crippen molar-refractivity contribution in [2.24, 2.45) is 0 Å². The molecule has 0 radical (unpaired) electrons. The number of aliphatic hydroxyl groups excluding tert-OH is 1. The number of aromatic nitrogens is 3. The standard InChI is InChI=1S/C30H29ClFN3O4/c1-3-23-27(24(16-36)35-34-23)26-22(31)13-12-21-20(29(33-28(21)26)30(37)38-4-2)8-6-14-39-25-9-5-7-17-15-18(32)10-11-19(17)25/h5,7,9-13,15,33,36H,3-4,6,8,14,16H2,1-2H3,(H,34,35). The average Bonchev–Trinajstić information content (AvgIpc) is 3.52. The molecule has 0 aliphatic heterocycles. The molecule has 0 unspecified atom stereocenters. The Balaban J connectivity index is 1.49. The number of hydrogen-bond acceptors (Lipinski definition) is 5. The number of carbonyl (C=O) groups is 1. The van der Waals surface area contributed by atoms with E-state index in [2.05, 4.69) is 15.2 Å². The van der Waals surface area contributed by atoms with E-state index in [0.29, 0.717) is 59.1 Å². The molecular weight excluding hydrogens is 521 g/mol. The number of nitrogens with one attached hydrogen (secondary N) is 2. The van der Waals surface area contributed by atoms with Crippen LogP contribution in [0.4, 0.5) is 4.39 Å². The molecule has 3 aromatic carbocycles. The van der Waals surface area contributed by atoms with Crippen molar-refractivity contribution in [2.75, 3.05) is 13.2 Å². The van der Waals surface area contributed by atoms with E-state index in [-0.39, 0.29) is 19.0 Å². The number of fused-ring (bicyclic) bond motifs is 2. The fourth-order valence-electron chi connectivity index (χ4n) is 5.04. The molecule has 9 heteroatoms. The van der Waals surface area contributed by atoms with Crippen molar-refractivity contribution in [3.63, 3.8) is 0 Å². The summed E-state index contributed by atoms with van der Waals surface area (Å²) in [6.45, 7) is 4.14. The minimum Gasteiger partial charge on any atom is -0.493 e. The summed E-state index contributed by atoms with van der Waals surface area (Å²) in [4.78, 5) is 16.3. The minimum atomic E-state index is -0.451. The highest BCUT2D eigenvalue weighted by Gasteiger charge is 2.25. The number of rotatable bonds is 10. The zero-order valence-electron chi connectivity index (χ0n) is 21.7. The number of hydrogen-bond donors (Lipinski definition) is 3. The zero-order valence-corrected chi connectivity index (χ0v) is 22.5. The van der Waals surface area contributed by atoms with Gasteiger partial charge in [-0.2, -0.15) is 5.10 Å². The maximum Gasteiger partial charge on any atom is 0.355 e. The first-order valence-corrected chi connectivity index (χ1v) is 13.3. The fourth-order valence-corrected chi connectivity index (χ4v) is 5.30. The number of esters is 1. The highest BCUT2D eigenvalue weighted by Crippen LogP contribution is 2.40. The largest absolute Gasteiger partial charge is 0.493 e. The lowest BCUT2D eigenvalue weighted by molar-refractivity contribution is 0.0519. The van der Waals surface area contributed by atoms with Gasteiger partial charge in [0, 0.05) is 21.9 Å². The van der Waals surface area contributed by atoms with Gasteiger partial charge in [0.05, 0.1) is 41.7 Å². The third kappa shape index (κ3) is 5.10. The molecule has 5 rings (SSSR count). The quantitative estimate of drug-likeness (QED) is 0.132. The van der Waals surface area contributed by atoms with Crippen LogP contribution in [0.1, 0.15) is 47.7 Å². The van der Waals surface area contributed by atoms with Gasteiger partial charge in [-0.1, -0.05) is 36.7 Å². The molecule has 5 aromatic rings. The lowest BCUT2D eigenvalue weighted by Crippen LogP contribution is -2.09. The number of carbonyl (C=O) groups excluding carboxylic acids is 1. The van der Waals surface area contributed by atoms with E-state index >= 15 is 0 Å². The normalized spacial score (nSPS) is 11.4. The van der Waals surface area contributed by atoms with Gasteiger partial charge in [-0.05, 0) is 67.5 Å². The molecule has 0 amide bonds. The van der Waals surface area contributed by atoms with E-state index in [9.17, 15) is 14.3 Å². The van der Waals surface area contributed by atoms with Gasteiger partial charge in [-0.15, -0.1) is 0 Å². The van der Waals surface area contributed by atoms with Crippen LogP contribution in [-0.4, -0.2) is 39.5 Å². The zero-order chi connectivity index (χ0) is 27.5. The summed E-state index contributed by atoms with van der Waals surface area (Å²) >= 11 is 6.70. The third-order valence-corrected chi connectivity index (χ3v) is 7.12. The van der Waals surface area contributed by atoms with Crippen molar-refractivity contribution in [2.45, 2.75) is 39.7 Å². The van der Waals surface area contributed by atoms with Crippen molar-refractivity contribution in [1.82, 2.24) is 15.2 Å². The van der Waals surface area contributed by atoms with Gasteiger partial charge in [0.2, 0.25) is 0 Å². The SMILES string of the molecule is CCOC(=O)c1[nH]c2c(-c3c(CC)n[nH]c3CO)c(Cl)ccc2c1CCCOc1cccc2cc(F)ccc12. The number of benzene rings is 3. The second kappa shape index (κ2) is 11.5. The predicted octanol–water partition coefficient (Wildman–Crippen LogP) is 6.75. The first kappa shape index (κ1) is 26.7. The smallest absolute Gasteiger partial charge is 0.355 e. The van der Waals surface area contributed by atoms with Crippen molar-refractivity contribution in [3.8, 4) is 16.9 Å². The molecule has 2 aromatic heterocycles. The maximum absolute atomic E-state index is 13.6. The summed E-state index contributed by atoms with van der Waals surface area (Å²) in [6, 6.07) is 13.8. The van der Waals surface area contributed by atoms with Gasteiger partial charge in [0.1, 0.15) is 17.3 Å². The topological polar surface area (TPSA) is 100 Å². The summed E-state index contributed by atoms with van der Waals surface area (Å²) in [5, 5.41) is 20.1. The number of aryl methyl sites for hydroxylation is 2. The maximum atomic E-state index is 13.6. The lowest BCUT2D eigenvalue weighted by Gasteiger charge is -2.10. The van der Waals surface area contributed by atoms with E-state index in [0.717, 1.165) is 33.0 Å². The first-order chi connectivity index (χ1) is 19.0. The van der Waals surface area contributed by atoms with Gasteiger partial charge in [-0.25, -0.2) is 9.18 Å². The molecule has 0 fully saturated rings. The summed E-state index contributed by atoms with van der Waals surface area (Å²) in [6.07, 6.45) is 1.78. The molecule has 7 nitrogen and oxygen atoms in total. The molecule has 0 aliphatic rings. The molecule has 0 aliphatic carbocycles. The Labute approximate surface area is 229 Å². The van der Waals surface area contributed by atoms with E-state index in [1.54, 1.807) is 19.1 Å². The van der Waals surface area contributed by atoms with Crippen LogP contribution in [0.5, 0.6) is 5.75 Å². The van der Waals surface area contributed by atoms with Crippen LogP contribution in [0.3, 0.4) is 0 Å². The Morgan fingerprint density at radius 1 is 1.10 bits per heavy atom. The van der Waals surface area contributed by atoms with Crippen LogP contribution < -0.4 is 4.74 Å². The number of halogens is 2. The van der Waals surface area contributed by atoms with Gasteiger partial charge < -0.3 is 19.6 Å². The lowest BCUT2D eigenvalue weighted by atomic mass is 9.97. The molecule has 202 valence electrons. The number of aliphatic hydroxyl groups is 1. The van der Waals surface area contributed by atoms with Crippen molar-refractivity contribution < 1.29 is 23.8 Å². The fraction of sp³-hybridized carbons (Fsp3) is 0.267. The third-order valence-electron chi connectivity index (χ3n) is 6.80. The molecule has 39 heavy (non-hydrogen) atoms. The van der Waals surface area contributed by atoms with Gasteiger partial charge in [0.15, 0.2) is 0 Å². The molecular formula is C30H29ClFN3O4. The second-order valence-corrected chi connectivity index (χ2v) is 9.56. The first-order valence-electron chi connectivity index (χ1n) is 12.9. The molecule has 0 spiro atoms. The van der Waals surface area contributed by atoms with Gasteiger partial charge in [0.25, 0.3) is 0 Å². The Morgan fingerprint density at radius 3 is 2.69 bits per heavy atom. The van der Waals surface area contributed by atoms with Crippen LogP contribution >= 0.6 is 11.6 Å². The summed E-state index contributed by atoms with van der Waals surface area (Å²) in [5.74, 6) is -0.0692. The van der Waals surface area contributed by atoms with Crippen LogP contribution in [0.25, 0.3) is 32.8 Å². The number of aromatic amines is 2. The van der Waals surface area contributed by atoms with Crippen LogP contribution in [0, 0.1) is 5.82 Å². The Bertz CT molecular complexity index is 1640. The van der Waals surface area contributed by atoms with Crippen LogP contribution in [0.2, 0.25) is 5.02 Å². The van der Waals surface area contributed by atoms with E-state index < -0.39 is 5.97 Å². The average molecular weight is 550 g/mol. The number of H-pyrrole nitrogens is 2. The van der Waals surface area contributed by atoms with E-state index in [4.69, 9.17) is 21.1 Å². The Morgan fingerprint density at radius 2 is 1.92 bits per heavy atom. The molecule has 0 bridgehead atoms. The minimum absolute atomic E-state index is 0.231. The molecule has 0 atom stereocenters. The van der Waals surface area contributed by atoms with Crippen molar-refractivity contribution in [1.29, 1.82) is 0 Å². The van der Waals surface area contributed by atoms with E-state index in [1.165, 1.54) is 12.1 Å². The van der Waals surface area contributed by atoms with E-state index in [1.807, 2.05) is 31.2 Å². The monoisotopic (exact) mass is 549 g/mol. The number of nitrogens with zero attached hydrogens (tertiary/aromatic N) is 1. The predicted molar refractivity (Wildman–Crippen MR) is 150 cm³/mol. The molecule has 0 saturated heterocycles. The summed E-state index contributed by atoms with van der Waals surface area (Å²) in [5.41, 5.74) is 4.59. The van der Waals surface area contributed by atoms with Gasteiger partial charge >= 0.3 is 5.97 Å². The Kier molecular flexibility index (Phi) is 7.86. The molecule has 0 saturated carbocycles. The highest BCUT2D eigenvalue weighted by molar-refractivity contribution is 6.35. The molecule has 2 heterocycles. The number of ether oxygens (including phenoxy) is 2. The summed E-state index contributed by atoms with van der Waals surface area (Å²) < 4.78 is 25.1. The second-order valence-electron chi connectivity index (χ2n) is 9.15. The van der Waals surface area contributed by atoms with Crippen molar-refractivity contribution in [3.05, 3.63) is 82.0 Å².